The first-order valence-electron chi connectivity index (χ1n) is 9.20. The minimum atomic E-state index is -0.639. The van der Waals surface area contributed by atoms with Crippen molar-refractivity contribution in [2.75, 3.05) is 18.0 Å². The molecule has 0 radical (unpaired) electrons. The molecule has 0 aromatic carbocycles. The lowest BCUT2D eigenvalue weighted by atomic mass is 10.1. The highest BCUT2D eigenvalue weighted by atomic mass is 19.1. The van der Waals surface area contributed by atoms with E-state index >= 15 is 0 Å². The number of amides is 1. The van der Waals surface area contributed by atoms with Crippen LogP contribution in [0.5, 0.6) is 0 Å². The first kappa shape index (κ1) is 18.3. The normalized spacial score (nSPS) is 17.8. The van der Waals surface area contributed by atoms with Crippen LogP contribution >= 0.6 is 0 Å². The minimum Gasteiger partial charge on any atom is -0.392 e. The van der Waals surface area contributed by atoms with Gasteiger partial charge in [-0.1, -0.05) is 0 Å². The number of halogens is 1. The molecule has 0 saturated carbocycles. The molecule has 1 saturated heterocycles. The molecule has 9 heteroatoms. The second-order valence-electron chi connectivity index (χ2n) is 6.96. The maximum Gasteiger partial charge on any atom is 0.256 e. The van der Waals surface area contributed by atoms with Gasteiger partial charge in [0.15, 0.2) is 5.65 Å². The summed E-state index contributed by atoms with van der Waals surface area (Å²) in [6.07, 6.45) is 7.27. The number of carbonyl (C=O) groups excluding carboxylic acids is 1. The Morgan fingerprint density at radius 1 is 1.43 bits per heavy atom. The molecule has 4 rings (SSSR count). The third kappa shape index (κ3) is 3.53. The molecule has 0 bridgehead atoms. The zero-order valence-corrected chi connectivity index (χ0v) is 15.4. The van der Waals surface area contributed by atoms with Crippen LogP contribution < -0.4 is 10.2 Å². The number of hydrogen-bond donors (Lipinski definition) is 2. The average molecular weight is 384 g/mol. The van der Waals surface area contributed by atoms with Crippen molar-refractivity contribution in [3.8, 4) is 0 Å². The molecule has 3 aromatic rings. The first-order chi connectivity index (χ1) is 13.5. The van der Waals surface area contributed by atoms with Gasteiger partial charge in [0.05, 0.1) is 24.5 Å². The molecule has 4 heterocycles. The van der Waals surface area contributed by atoms with E-state index < -0.39 is 6.10 Å². The van der Waals surface area contributed by atoms with Gasteiger partial charge in [0.1, 0.15) is 17.2 Å². The predicted molar refractivity (Wildman–Crippen MR) is 101 cm³/mol. The molecule has 146 valence electrons. The Morgan fingerprint density at radius 3 is 3.07 bits per heavy atom. The second-order valence-corrected chi connectivity index (χ2v) is 6.96. The highest BCUT2D eigenvalue weighted by Crippen LogP contribution is 2.35. The smallest absolute Gasteiger partial charge is 0.256 e. The van der Waals surface area contributed by atoms with Gasteiger partial charge < -0.3 is 15.3 Å². The quantitative estimate of drug-likeness (QED) is 0.695. The van der Waals surface area contributed by atoms with Crippen molar-refractivity contribution in [1.82, 2.24) is 24.9 Å². The third-order valence-electron chi connectivity index (χ3n) is 4.81. The summed E-state index contributed by atoms with van der Waals surface area (Å²) in [7, 11) is 0. The van der Waals surface area contributed by atoms with Crippen LogP contribution in [0.15, 0.2) is 36.9 Å². The Hall–Kier alpha value is -3.07. The molecule has 1 aliphatic heterocycles. The predicted octanol–water partition coefficient (Wildman–Crippen LogP) is 1.72. The third-order valence-corrected chi connectivity index (χ3v) is 4.81. The molecule has 2 N–H and O–H groups in total. The van der Waals surface area contributed by atoms with Crippen LogP contribution in [0.3, 0.4) is 0 Å². The Morgan fingerprint density at radius 2 is 2.29 bits per heavy atom. The van der Waals surface area contributed by atoms with Crippen LogP contribution in [0, 0.1) is 5.82 Å². The van der Waals surface area contributed by atoms with E-state index in [1.165, 1.54) is 23.0 Å². The van der Waals surface area contributed by atoms with Crippen molar-refractivity contribution >= 4 is 17.4 Å². The van der Waals surface area contributed by atoms with E-state index in [0.717, 1.165) is 24.9 Å². The summed E-state index contributed by atoms with van der Waals surface area (Å²) >= 11 is 0. The van der Waals surface area contributed by atoms with Crippen molar-refractivity contribution < 1.29 is 14.3 Å². The standard InChI is InChI=1S/C19H21FN6O2/c1-12(27)8-22-19(28)15-11-23-26-6-4-17(24-18(15)26)25-5-2-3-16(25)13-7-14(20)10-21-9-13/h4,6-7,9-12,16,27H,2-3,5,8H2,1H3,(H,22,28)/t12-,16?/m0/s1. The molecule has 8 nitrogen and oxygen atoms in total. The van der Waals surface area contributed by atoms with E-state index in [9.17, 15) is 14.3 Å². The summed E-state index contributed by atoms with van der Waals surface area (Å²) in [4.78, 5) is 23.1. The van der Waals surface area contributed by atoms with Gasteiger partial charge >= 0.3 is 0 Å². The van der Waals surface area contributed by atoms with E-state index in [2.05, 4.69) is 25.3 Å². The molecular formula is C19H21FN6O2. The topological polar surface area (TPSA) is 95.6 Å². The molecule has 0 spiro atoms. The van der Waals surface area contributed by atoms with Crippen LogP contribution in [0.2, 0.25) is 0 Å². The van der Waals surface area contributed by atoms with E-state index in [0.29, 0.717) is 17.0 Å². The fraction of sp³-hybridized carbons (Fsp3) is 0.368. The monoisotopic (exact) mass is 384 g/mol. The van der Waals surface area contributed by atoms with Crippen LogP contribution in [0.1, 0.15) is 41.7 Å². The Labute approximate surface area is 161 Å². The van der Waals surface area contributed by atoms with Crippen LogP contribution in [0.25, 0.3) is 5.65 Å². The van der Waals surface area contributed by atoms with Gasteiger partial charge in [-0.2, -0.15) is 5.10 Å². The molecule has 0 aliphatic carbocycles. The van der Waals surface area contributed by atoms with Crippen molar-refractivity contribution in [2.45, 2.75) is 31.9 Å². The van der Waals surface area contributed by atoms with Gasteiger partial charge in [0.2, 0.25) is 0 Å². The van der Waals surface area contributed by atoms with Gasteiger partial charge in [-0.15, -0.1) is 0 Å². The fourth-order valence-corrected chi connectivity index (χ4v) is 3.51. The Bertz CT molecular complexity index is 1010. The van der Waals surface area contributed by atoms with Crippen molar-refractivity contribution in [3.63, 3.8) is 0 Å². The number of carbonyl (C=O) groups is 1. The van der Waals surface area contributed by atoms with Gasteiger partial charge in [-0.3, -0.25) is 9.78 Å². The lowest BCUT2D eigenvalue weighted by molar-refractivity contribution is 0.0925. The molecule has 1 unspecified atom stereocenters. The fourth-order valence-electron chi connectivity index (χ4n) is 3.51. The number of aromatic nitrogens is 4. The summed E-state index contributed by atoms with van der Waals surface area (Å²) in [6.45, 7) is 2.53. The number of hydrogen-bond acceptors (Lipinski definition) is 6. The summed E-state index contributed by atoms with van der Waals surface area (Å²) in [5, 5.41) is 16.2. The van der Waals surface area contributed by atoms with Crippen LogP contribution in [0.4, 0.5) is 10.2 Å². The first-order valence-corrected chi connectivity index (χ1v) is 9.20. The Kier molecular flexibility index (Phi) is 4.91. The molecular weight excluding hydrogens is 363 g/mol. The molecule has 1 fully saturated rings. The van der Waals surface area contributed by atoms with Gasteiger partial charge in [-0.05, 0) is 37.5 Å². The summed E-state index contributed by atoms with van der Waals surface area (Å²) in [5.41, 5.74) is 1.58. The molecule has 3 aromatic heterocycles. The molecule has 1 amide bonds. The molecule has 28 heavy (non-hydrogen) atoms. The molecule has 2 atom stereocenters. The lowest BCUT2D eigenvalue weighted by Gasteiger charge is -2.26. The largest absolute Gasteiger partial charge is 0.392 e. The summed E-state index contributed by atoms with van der Waals surface area (Å²) in [6, 6.07) is 3.32. The number of fused-ring (bicyclic) bond motifs is 1. The number of pyridine rings is 1. The number of nitrogens with zero attached hydrogens (tertiary/aromatic N) is 5. The van der Waals surface area contributed by atoms with E-state index in [4.69, 9.17) is 0 Å². The van der Waals surface area contributed by atoms with Gasteiger partial charge in [0, 0.05) is 25.5 Å². The summed E-state index contributed by atoms with van der Waals surface area (Å²) < 4.78 is 15.2. The molecule has 1 aliphatic rings. The van der Waals surface area contributed by atoms with Gasteiger partial charge in [-0.25, -0.2) is 13.9 Å². The van der Waals surface area contributed by atoms with Crippen molar-refractivity contribution in [1.29, 1.82) is 0 Å². The van der Waals surface area contributed by atoms with Crippen LogP contribution in [-0.2, 0) is 0 Å². The summed E-state index contributed by atoms with van der Waals surface area (Å²) in [5.74, 6) is -0.00203. The zero-order valence-electron chi connectivity index (χ0n) is 15.4. The maximum absolute atomic E-state index is 13.6. The minimum absolute atomic E-state index is 0.0198. The maximum atomic E-state index is 13.6. The number of rotatable bonds is 5. The van der Waals surface area contributed by atoms with E-state index in [1.807, 2.05) is 6.07 Å². The number of aliphatic hydroxyl groups excluding tert-OH is 1. The zero-order chi connectivity index (χ0) is 19.7. The average Bonchev–Trinajstić information content (AvgIpc) is 3.32. The highest BCUT2D eigenvalue weighted by Gasteiger charge is 2.28. The Balaban J connectivity index is 1.65. The number of anilines is 1. The second kappa shape index (κ2) is 7.51. The van der Waals surface area contributed by atoms with Crippen LogP contribution in [-0.4, -0.2) is 49.8 Å². The lowest BCUT2D eigenvalue weighted by Crippen LogP contribution is -2.30. The number of aliphatic hydroxyl groups is 1. The number of nitrogens with one attached hydrogen (secondary N) is 1. The van der Waals surface area contributed by atoms with Crippen molar-refractivity contribution in [3.05, 3.63) is 53.9 Å². The van der Waals surface area contributed by atoms with Crippen molar-refractivity contribution in [2.24, 2.45) is 0 Å². The highest BCUT2D eigenvalue weighted by molar-refractivity contribution is 5.99. The van der Waals surface area contributed by atoms with Gasteiger partial charge in [0.25, 0.3) is 5.91 Å². The van der Waals surface area contributed by atoms with E-state index in [-0.39, 0.29) is 24.3 Å². The van der Waals surface area contributed by atoms with E-state index in [1.54, 1.807) is 19.3 Å². The SMILES string of the molecule is C[C@H](O)CNC(=O)c1cnn2ccc(N3CCCC3c3cncc(F)c3)nc12.